The topological polar surface area (TPSA) is 29.9 Å². The van der Waals surface area contributed by atoms with Gasteiger partial charge in [-0.1, -0.05) is 17.7 Å². The zero-order valence-corrected chi connectivity index (χ0v) is 10.7. The van der Waals surface area contributed by atoms with E-state index in [9.17, 15) is 0 Å². The molecule has 0 aliphatic heterocycles. The quantitative estimate of drug-likeness (QED) is 0.873. The molecule has 0 radical (unpaired) electrons. The van der Waals surface area contributed by atoms with Crippen molar-refractivity contribution in [3.63, 3.8) is 0 Å². The van der Waals surface area contributed by atoms with Crippen LogP contribution in [0.15, 0.2) is 30.5 Å². The molecule has 3 heteroatoms. The Bertz CT molecular complexity index is 483. The summed E-state index contributed by atoms with van der Waals surface area (Å²) >= 11 is 0. The van der Waals surface area contributed by atoms with Crippen molar-refractivity contribution in [3.8, 4) is 0 Å². The van der Waals surface area contributed by atoms with Crippen LogP contribution in [0.5, 0.6) is 0 Å². The summed E-state index contributed by atoms with van der Waals surface area (Å²) in [5.41, 5.74) is 4.93. The molecule has 2 rings (SSSR count). The molecule has 1 aromatic heterocycles. The highest BCUT2D eigenvalue weighted by atomic mass is 15.3. The number of aromatic nitrogens is 2. The highest BCUT2D eigenvalue weighted by molar-refractivity contribution is 5.45. The normalized spacial score (nSPS) is 10.5. The maximum absolute atomic E-state index is 4.34. The highest BCUT2D eigenvalue weighted by Crippen LogP contribution is 2.12. The molecule has 2 aromatic rings. The first-order chi connectivity index (χ1) is 8.20. The van der Waals surface area contributed by atoms with Crippen molar-refractivity contribution in [2.75, 3.05) is 5.32 Å². The lowest BCUT2D eigenvalue weighted by Gasteiger charge is -2.06. The summed E-state index contributed by atoms with van der Waals surface area (Å²) in [5.74, 6) is 0. The molecule has 0 aliphatic carbocycles. The van der Waals surface area contributed by atoms with Crippen LogP contribution in [-0.2, 0) is 13.1 Å². The van der Waals surface area contributed by atoms with Gasteiger partial charge in [0.05, 0.1) is 6.20 Å². The second kappa shape index (κ2) is 5.04. The molecule has 3 nitrogen and oxygen atoms in total. The van der Waals surface area contributed by atoms with Gasteiger partial charge in [0.1, 0.15) is 0 Å². The van der Waals surface area contributed by atoms with Crippen LogP contribution in [0.2, 0.25) is 0 Å². The Hall–Kier alpha value is -1.77. The van der Waals surface area contributed by atoms with Gasteiger partial charge < -0.3 is 5.32 Å². The summed E-state index contributed by atoms with van der Waals surface area (Å²) in [5, 5.41) is 7.75. The zero-order valence-electron chi connectivity index (χ0n) is 10.7. The van der Waals surface area contributed by atoms with E-state index in [1.807, 2.05) is 10.9 Å². The van der Waals surface area contributed by atoms with Crippen molar-refractivity contribution in [1.82, 2.24) is 9.78 Å². The van der Waals surface area contributed by atoms with Crippen LogP contribution in [-0.4, -0.2) is 9.78 Å². The molecule has 1 heterocycles. The molecule has 0 amide bonds. The Morgan fingerprint density at radius 3 is 2.47 bits per heavy atom. The number of nitrogens with zero attached hydrogens (tertiary/aromatic N) is 2. The number of aryl methyl sites for hydroxylation is 2. The fourth-order valence-corrected chi connectivity index (χ4v) is 1.85. The minimum Gasteiger partial charge on any atom is -0.381 e. The van der Waals surface area contributed by atoms with Gasteiger partial charge in [0, 0.05) is 30.0 Å². The SMILES string of the molecule is CCn1ncc(CNc2ccc(C)cc2)c1C. The summed E-state index contributed by atoms with van der Waals surface area (Å²) in [7, 11) is 0. The van der Waals surface area contributed by atoms with Gasteiger partial charge in [-0.15, -0.1) is 0 Å². The molecule has 0 aliphatic rings. The van der Waals surface area contributed by atoms with Crippen LogP contribution in [0.4, 0.5) is 5.69 Å². The van der Waals surface area contributed by atoms with Gasteiger partial charge in [-0.2, -0.15) is 5.10 Å². The standard InChI is InChI=1S/C14H19N3/c1-4-17-12(3)13(10-16-17)9-15-14-7-5-11(2)6-8-14/h5-8,10,15H,4,9H2,1-3H3. The van der Waals surface area contributed by atoms with E-state index in [1.165, 1.54) is 16.8 Å². The lowest BCUT2D eigenvalue weighted by molar-refractivity contribution is 0.638. The molecule has 0 bridgehead atoms. The Morgan fingerprint density at radius 1 is 1.18 bits per heavy atom. The van der Waals surface area contributed by atoms with E-state index in [-0.39, 0.29) is 0 Å². The Morgan fingerprint density at radius 2 is 1.88 bits per heavy atom. The molecule has 1 N–H and O–H groups in total. The average Bonchev–Trinajstić information content (AvgIpc) is 2.69. The van der Waals surface area contributed by atoms with Crippen LogP contribution in [0, 0.1) is 13.8 Å². The predicted molar refractivity (Wildman–Crippen MR) is 71.1 cm³/mol. The maximum Gasteiger partial charge on any atom is 0.0542 e. The highest BCUT2D eigenvalue weighted by Gasteiger charge is 2.04. The van der Waals surface area contributed by atoms with E-state index in [1.54, 1.807) is 0 Å². The smallest absolute Gasteiger partial charge is 0.0542 e. The zero-order chi connectivity index (χ0) is 12.3. The van der Waals surface area contributed by atoms with Crippen LogP contribution >= 0.6 is 0 Å². The molecule has 0 atom stereocenters. The first-order valence-electron chi connectivity index (χ1n) is 6.02. The predicted octanol–water partition coefficient (Wildman–Crippen LogP) is 3.13. The Kier molecular flexibility index (Phi) is 3.47. The summed E-state index contributed by atoms with van der Waals surface area (Å²) < 4.78 is 2.02. The average molecular weight is 229 g/mol. The fraction of sp³-hybridized carbons (Fsp3) is 0.357. The van der Waals surface area contributed by atoms with E-state index in [0.29, 0.717) is 0 Å². The molecule has 1 aromatic carbocycles. The number of anilines is 1. The minimum atomic E-state index is 0.828. The second-order valence-electron chi connectivity index (χ2n) is 4.29. The third kappa shape index (κ3) is 2.67. The summed E-state index contributed by atoms with van der Waals surface area (Å²) in [6.07, 6.45) is 1.94. The van der Waals surface area contributed by atoms with E-state index in [2.05, 4.69) is 55.5 Å². The van der Waals surface area contributed by atoms with Gasteiger partial charge in [0.25, 0.3) is 0 Å². The van der Waals surface area contributed by atoms with Crippen LogP contribution in [0.25, 0.3) is 0 Å². The molecule has 0 saturated carbocycles. The summed E-state index contributed by atoms with van der Waals surface area (Å²) in [6, 6.07) is 8.44. The van der Waals surface area contributed by atoms with E-state index >= 15 is 0 Å². The van der Waals surface area contributed by atoms with Gasteiger partial charge in [-0.25, -0.2) is 0 Å². The Balaban J connectivity index is 2.02. The molecule has 17 heavy (non-hydrogen) atoms. The van der Waals surface area contributed by atoms with E-state index < -0.39 is 0 Å². The van der Waals surface area contributed by atoms with Crippen LogP contribution in [0.1, 0.15) is 23.7 Å². The number of rotatable bonds is 4. The van der Waals surface area contributed by atoms with Crippen molar-refractivity contribution in [3.05, 3.63) is 47.3 Å². The van der Waals surface area contributed by atoms with E-state index in [4.69, 9.17) is 0 Å². The van der Waals surface area contributed by atoms with E-state index in [0.717, 1.165) is 18.8 Å². The number of hydrogen-bond donors (Lipinski definition) is 1. The van der Waals surface area contributed by atoms with Gasteiger partial charge in [0.15, 0.2) is 0 Å². The summed E-state index contributed by atoms with van der Waals surface area (Å²) in [6.45, 7) is 8.07. The van der Waals surface area contributed by atoms with Gasteiger partial charge in [0.2, 0.25) is 0 Å². The van der Waals surface area contributed by atoms with Gasteiger partial charge in [-0.3, -0.25) is 4.68 Å². The molecule has 0 spiro atoms. The number of hydrogen-bond acceptors (Lipinski definition) is 2. The third-order valence-electron chi connectivity index (χ3n) is 3.04. The molecular formula is C14H19N3. The molecule has 0 unspecified atom stereocenters. The summed E-state index contributed by atoms with van der Waals surface area (Å²) in [4.78, 5) is 0. The van der Waals surface area contributed by atoms with Crippen LogP contribution in [0.3, 0.4) is 0 Å². The van der Waals surface area contributed by atoms with Gasteiger partial charge in [-0.05, 0) is 32.9 Å². The van der Waals surface area contributed by atoms with Crippen molar-refractivity contribution in [2.45, 2.75) is 33.9 Å². The molecule has 90 valence electrons. The monoisotopic (exact) mass is 229 g/mol. The Labute approximate surface area is 102 Å². The fourth-order valence-electron chi connectivity index (χ4n) is 1.85. The first kappa shape index (κ1) is 11.7. The van der Waals surface area contributed by atoms with Crippen molar-refractivity contribution >= 4 is 5.69 Å². The third-order valence-corrected chi connectivity index (χ3v) is 3.04. The molecule has 0 fully saturated rings. The van der Waals surface area contributed by atoms with Crippen molar-refractivity contribution in [1.29, 1.82) is 0 Å². The van der Waals surface area contributed by atoms with Gasteiger partial charge >= 0.3 is 0 Å². The van der Waals surface area contributed by atoms with Crippen LogP contribution < -0.4 is 5.32 Å². The van der Waals surface area contributed by atoms with Crippen molar-refractivity contribution in [2.24, 2.45) is 0 Å². The molecular weight excluding hydrogens is 210 g/mol. The largest absolute Gasteiger partial charge is 0.381 e. The first-order valence-corrected chi connectivity index (χ1v) is 6.02. The second-order valence-corrected chi connectivity index (χ2v) is 4.29. The lowest BCUT2D eigenvalue weighted by atomic mass is 10.2. The maximum atomic E-state index is 4.34. The minimum absolute atomic E-state index is 0.828. The molecule has 0 saturated heterocycles. The lowest BCUT2D eigenvalue weighted by Crippen LogP contribution is -2.03. The number of benzene rings is 1. The number of nitrogens with one attached hydrogen (secondary N) is 1. The van der Waals surface area contributed by atoms with Crippen molar-refractivity contribution < 1.29 is 0 Å².